The highest BCUT2D eigenvalue weighted by molar-refractivity contribution is 5.89. The molecule has 1 unspecified atom stereocenters. The largest absolute Gasteiger partial charge is 0.336 e. The molecule has 5 nitrogen and oxygen atoms in total. The summed E-state index contributed by atoms with van der Waals surface area (Å²) in [5.41, 5.74) is 7.38. The van der Waals surface area contributed by atoms with Gasteiger partial charge in [0.1, 0.15) is 0 Å². The fourth-order valence-corrected chi connectivity index (χ4v) is 2.56. The van der Waals surface area contributed by atoms with Crippen LogP contribution in [0.2, 0.25) is 0 Å². The van der Waals surface area contributed by atoms with E-state index in [-0.39, 0.29) is 6.03 Å². The summed E-state index contributed by atoms with van der Waals surface area (Å²) < 4.78 is 0. The summed E-state index contributed by atoms with van der Waals surface area (Å²) in [4.78, 5) is 14.2. The molecule has 1 fully saturated rings. The first-order chi connectivity index (χ1) is 9.69. The third-order valence-electron chi connectivity index (χ3n) is 3.84. The van der Waals surface area contributed by atoms with Crippen LogP contribution in [0.1, 0.15) is 24.8 Å². The van der Waals surface area contributed by atoms with Crippen molar-refractivity contribution < 1.29 is 4.79 Å². The van der Waals surface area contributed by atoms with Crippen molar-refractivity contribution in [1.82, 2.24) is 10.2 Å². The Kier molecular flexibility index (Phi) is 5.38. The van der Waals surface area contributed by atoms with Crippen LogP contribution in [0.4, 0.5) is 10.5 Å². The second-order valence-corrected chi connectivity index (χ2v) is 5.37. The monoisotopic (exact) mass is 276 g/mol. The first kappa shape index (κ1) is 14.8. The Balaban J connectivity index is 1.79. The summed E-state index contributed by atoms with van der Waals surface area (Å²) in [5, 5.41) is 5.79. The lowest BCUT2D eigenvalue weighted by atomic mass is 10.0. The summed E-state index contributed by atoms with van der Waals surface area (Å²) in [5.74, 6) is 0. The standard InChI is InChI=1S/C15H24N4O/c1-19-8-3-2-7-14(19)11-17-15(20)18-13-6-4-5-12(9-13)10-16/h4-6,9,14H,2-3,7-8,10-11,16H2,1H3,(H2,17,18,20). The normalized spacial score (nSPS) is 19.6. The number of anilines is 1. The molecule has 0 radical (unpaired) electrons. The molecular weight excluding hydrogens is 252 g/mol. The van der Waals surface area contributed by atoms with E-state index in [1.54, 1.807) is 0 Å². The number of amides is 2. The Morgan fingerprint density at radius 1 is 1.45 bits per heavy atom. The summed E-state index contributed by atoms with van der Waals surface area (Å²) in [6, 6.07) is 7.90. The van der Waals surface area contributed by atoms with Crippen LogP contribution in [-0.4, -0.2) is 37.1 Å². The highest BCUT2D eigenvalue weighted by Crippen LogP contribution is 2.14. The molecule has 1 aliphatic heterocycles. The zero-order valence-corrected chi connectivity index (χ0v) is 12.1. The number of hydrogen-bond donors (Lipinski definition) is 3. The predicted octanol–water partition coefficient (Wildman–Crippen LogP) is 1.75. The highest BCUT2D eigenvalue weighted by Gasteiger charge is 2.19. The van der Waals surface area contributed by atoms with E-state index in [0.717, 1.165) is 24.2 Å². The van der Waals surface area contributed by atoms with E-state index in [2.05, 4.69) is 22.6 Å². The minimum atomic E-state index is -0.154. The number of rotatable bonds is 4. The molecule has 0 spiro atoms. The summed E-state index contributed by atoms with van der Waals surface area (Å²) in [7, 11) is 2.12. The summed E-state index contributed by atoms with van der Waals surface area (Å²) in [6.45, 7) is 2.29. The van der Waals surface area contributed by atoms with Crippen molar-refractivity contribution >= 4 is 11.7 Å². The number of carbonyl (C=O) groups excluding carboxylic acids is 1. The number of nitrogens with zero attached hydrogens (tertiary/aromatic N) is 1. The van der Waals surface area contributed by atoms with Gasteiger partial charge in [0.05, 0.1) is 0 Å². The molecule has 0 saturated carbocycles. The molecule has 0 bridgehead atoms. The molecule has 1 aromatic rings. The zero-order valence-electron chi connectivity index (χ0n) is 12.1. The molecule has 1 atom stereocenters. The first-order valence-electron chi connectivity index (χ1n) is 7.23. The van der Waals surface area contributed by atoms with Gasteiger partial charge in [-0.15, -0.1) is 0 Å². The maximum Gasteiger partial charge on any atom is 0.319 e. The first-order valence-corrected chi connectivity index (χ1v) is 7.23. The minimum Gasteiger partial charge on any atom is -0.336 e. The van der Waals surface area contributed by atoms with Gasteiger partial charge in [0.2, 0.25) is 0 Å². The average molecular weight is 276 g/mol. The lowest BCUT2D eigenvalue weighted by molar-refractivity contribution is 0.182. The van der Waals surface area contributed by atoms with Gasteiger partial charge in [-0.05, 0) is 44.1 Å². The van der Waals surface area contributed by atoms with Gasteiger partial charge in [-0.25, -0.2) is 4.79 Å². The van der Waals surface area contributed by atoms with E-state index in [1.165, 1.54) is 12.8 Å². The van der Waals surface area contributed by atoms with Crippen molar-refractivity contribution in [3.05, 3.63) is 29.8 Å². The number of nitrogens with two attached hydrogens (primary N) is 1. The third-order valence-corrected chi connectivity index (χ3v) is 3.84. The molecule has 1 heterocycles. The van der Waals surface area contributed by atoms with Gasteiger partial charge in [0, 0.05) is 24.8 Å². The van der Waals surface area contributed by atoms with Crippen molar-refractivity contribution in [2.75, 3.05) is 25.5 Å². The number of benzene rings is 1. The molecule has 1 saturated heterocycles. The van der Waals surface area contributed by atoms with Crippen LogP contribution in [0, 0.1) is 0 Å². The molecule has 0 aliphatic carbocycles. The molecule has 2 amide bonds. The van der Waals surface area contributed by atoms with Crippen molar-refractivity contribution in [2.24, 2.45) is 5.73 Å². The van der Waals surface area contributed by atoms with Crippen molar-refractivity contribution in [3.8, 4) is 0 Å². The molecule has 4 N–H and O–H groups in total. The van der Waals surface area contributed by atoms with E-state index in [0.29, 0.717) is 19.1 Å². The Labute approximate surface area is 120 Å². The topological polar surface area (TPSA) is 70.4 Å². The molecule has 1 aromatic carbocycles. The number of piperidine rings is 1. The Morgan fingerprint density at radius 3 is 3.05 bits per heavy atom. The van der Waals surface area contributed by atoms with Crippen molar-refractivity contribution in [2.45, 2.75) is 31.8 Å². The molecule has 2 rings (SSSR count). The number of likely N-dealkylation sites (tertiary alicyclic amines) is 1. The number of carbonyl (C=O) groups is 1. The SMILES string of the molecule is CN1CCCCC1CNC(=O)Nc1cccc(CN)c1. The Bertz CT molecular complexity index is 449. The summed E-state index contributed by atoms with van der Waals surface area (Å²) in [6.07, 6.45) is 3.65. The molecule has 5 heteroatoms. The maximum absolute atomic E-state index is 11.9. The van der Waals surface area contributed by atoms with E-state index in [4.69, 9.17) is 5.73 Å². The van der Waals surface area contributed by atoms with E-state index in [1.807, 2.05) is 24.3 Å². The second-order valence-electron chi connectivity index (χ2n) is 5.37. The highest BCUT2D eigenvalue weighted by atomic mass is 16.2. The molecular formula is C15H24N4O. The van der Waals surface area contributed by atoms with Crippen LogP contribution in [0.3, 0.4) is 0 Å². The van der Waals surface area contributed by atoms with Gasteiger partial charge in [-0.2, -0.15) is 0 Å². The van der Waals surface area contributed by atoms with Crippen LogP contribution in [-0.2, 0) is 6.54 Å². The molecule has 1 aliphatic rings. The quantitative estimate of drug-likeness (QED) is 0.784. The van der Waals surface area contributed by atoms with E-state index in [9.17, 15) is 4.79 Å². The molecule has 0 aromatic heterocycles. The van der Waals surface area contributed by atoms with Crippen LogP contribution < -0.4 is 16.4 Å². The fourth-order valence-electron chi connectivity index (χ4n) is 2.56. The number of likely N-dealkylation sites (N-methyl/N-ethyl adjacent to an activating group) is 1. The van der Waals surface area contributed by atoms with Gasteiger partial charge < -0.3 is 21.3 Å². The number of nitrogens with one attached hydrogen (secondary N) is 2. The fraction of sp³-hybridized carbons (Fsp3) is 0.533. The van der Waals surface area contributed by atoms with Crippen molar-refractivity contribution in [3.63, 3.8) is 0 Å². The Hall–Kier alpha value is -1.59. The van der Waals surface area contributed by atoms with Gasteiger partial charge in [-0.1, -0.05) is 18.6 Å². The lowest BCUT2D eigenvalue weighted by Crippen LogP contribution is -2.45. The van der Waals surface area contributed by atoms with Gasteiger partial charge >= 0.3 is 6.03 Å². The smallest absolute Gasteiger partial charge is 0.319 e. The summed E-state index contributed by atoms with van der Waals surface area (Å²) >= 11 is 0. The Morgan fingerprint density at radius 2 is 2.30 bits per heavy atom. The van der Waals surface area contributed by atoms with Crippen LogP contribution in [0.5, 0.6) is 0 Å². The minimum absolute atomic E-state index is 0.154. The van der Waals surface area contributed by atoms with E-state index >= 15 is 0 Å². The van der Waals surface area contributed by atoms with Gasteiger partial charge in [-0.3, -0.25) is 0 Å². The molecule has 110 valence electrons. The number of urea groups is 1. The van der Waals surface area contributed by atoms with Crippen LogP contribution in [0.25, 0.3) is 0 Å². The van der Waals surface area contributed by atoms with Gasteiger partial charge in [0.15, 0.2) is 0 Å². The van der Waals surface area contributed by atoms with Crippen LogP contribution >= 0.6 is 0 Å². The zero-order chi connectivity index (χ0) is 14.4. The van der Waals surface area contributed by atoms with Gasteiger partial charge in [0.25, 0.3) is 0 Å². The molecule has 20 heavy (non-hydrogen) atoms. The predicted molar refractivity (Wildman–Crippen MR) is 81.6 cm³/mol. The van der Waals surface area contributed by atoms with E-state index < -0.39 is 0 Å². The van der Waals surface area contributed by atoms with Crippen LogP contribution in [0.15, 0.2) is 24.3 Å². The number of hydrogen-bond acceptors (Lipinski definition) is 3. The maximum atomic E-state index is 11.9. The third kappa shape index (κ3) is 4.21. The lowest BCUT2D eigenvalue weighted by Gasteiger charge is -2.32. The second kappa shape index (κ2) is 7.26. The van der Waals surface area contributed by atoms with Crippen molar-refractivity contribution in [1.29, 1.82) is 0 Å². The average Bonchev–Trinajstić information content (AvgIpc) is 2.46.